The number of nitro groups is 1. The van der Waals surface area contributed by atoms with Gasteiger partial charge in [0.05, 0.1) is 10.6 Å². The Bertz CT molecular complexity index is 1030. The number of amides is 1. The smallest absolute Gasteiger partial charge is 0.291 e. The number of nitrogens with one attached hydrogen (secondary N) is 1. The minimum atomic E-state index is -0.484. The fourth-order valence-electron chi connectivity index (χ4n) is 2.98. The molecule has 2 aromatic carbocycles. The summed E-state index contributed by atoms with van der Waals surface area (Å²) in [4.78, 5) is 27.4. The summed E-state index contributed by atoms with van der Waals surface area (Å²) in [6.45, 7) is 5.98. The summed E-state index contributed by atoms with van der Waals surface area (Å²) >= 11 is 0. The van der Waals surface area contributed by atoms with Crippen molar-refractivity contribution in [2.45, 2.75) is 33.2 Å². The van der Waals surface area contributed by atoms with Crippen LogP contribution in [0.2, 0.25) is 0 Å². The van der Waals surface area contributed by atoms with E-state index in [0.717, 1.165) is 11.3 Å². The van der Waals surface area contributed by atoms with Crippen LogP contribution in [0.4, 0.5) is 5.69 Å². The minimum absolute atomic E-state index is 0.0200. The molecule has 1 heterocycles. The summed E-state index contributed by atoms with van der Waals surface area (Å²) in [5.74, 6) is 0.413. The third kappa shape index (κ3) is 3.90. The topological polar surface area (TPSA) is 103 Å². The zero-order valence-electron chi connectivity index (χ0n) is 15.9. The highest BCUT2D eigenvalue weighted by molar-refractivity contribution is 5.90. The van der Waals surface area contributed by atoms with Gasteiger partial charge in [0.15, 0.2) is 0 Å². The van der Waals surface area contributed by atoms with Crippen molar-refractivity contribution in [2.75, 3.05) is 0 Å². The van der Waals surface area contributed by atoms with Gasteiger partial charge in [0, 0.05) is 18.2 Å². The van der Waals surface area contributed by atoms with Crippen LogP contribution < -0.4 is 5.32 Å². The second kappa shape index (κ2) is 7.99. The summed E-state index contributed by atoms with van der Waals surface area (Å²) in [5, 5.41) is 18.1. The summed E-state index contributed by atoms with van der Waals surface area (Å²) in [6.07, 6.45) is 0. The zero-order chi connectivity index (χ0) is 20.3. The zero-order valence-corrected chi connectivity index (χ0v) is 15.9. The summed E-state index contributed by atoms with van der Waals surface area (Å²) in [5.41, 5.74) is 2.35. The quantitative estimate of drug-likeness (QED) is 0.521. The molecule has 1 aromatic heterocycles. The molecule has 144 valence electrons. The maximum Gasteiger partial charge on any atom is 0.291 e. The normalized spacial score (nSPS) is 10.9. The van der Waals surface area contributed by atoms with Crippen molar-refractivity contribution in [2.24, 2.45) is 0 Å². The van der Waals surface area contributed by atoms with Crippen LogP contribution >= 0.6 is 0 Å². The minimum Gasteiger partial charge on any atom is -0.345 e. The highest BCUT2D eigenvalue weighted by atomic mass is 16.6. The predicted molar refractivity (Wildman–Crippen MR) is 104 cm³/mol. The van der Waals surface area contributed by atoms with Gasteiger partial charge in [-0.25, -0.2) is 9.67 Å². The molecule has 0 radical (unpaired) electrons. The molecule has 0 fully saturated rings. The van der Waals surface area contributed by atoms with Crippen LogP contribution in [0.15, 0.2) is 48.5 Å². The van der Waals surface area contributed by atoms with E-state index in [2.05, 4.69) is 29.2 Å². The van der Waals surface area contributed by atoms with Crippen molar-refractivity contribution >= 4 is 11.6 Å². The van der Waals surface area contributed by atoms with Crippen LogP contribution in [0.5, 0.6) is 0 Å². The number of benzene rings is 2. The monoisotopic (exact) mass is 379 g/mol. The molecule has 0 unspecified atom stereocenters. The maximum absolute atomic E-state index is 12.5. The summed E-state index contributed by atoms with van der Waals surface area (Å²) in [7, 11) is 0. The Hall–Kier alpha value is -3.55. The predicted octanol–water partition coefficient (Wildman–Crippen LogP) is 3.54. The van der Waals surface area contributed by atoms with Crippen LogP contribution in [0.25, 0.3) is 5.69 Å². The Kier molecular flexibility index (Phi) is 5.49. The van der Waals surface area contributed by atoms with Gasteiger partial charge >= 0.3 is 0 Å². The number of hydrogen-bond donors (Lipinski definition) is 1. The second-order valence-electron chi connectivity index (χ2n) is 6.68. The Balaban J connectivity index is 1.82. The molecule has 0 atom stereocenters. The molecule has 0 aliphatic heterocycles. The number of nitro benzene ring substituents is 1. The first-order chi connectivity index (χ1) is 13.4. The van der Waals surface area contributed by atoms with Crippen LogP contribution in [-0.2, 0) is 6.54 Å². The van der Waals surface area contributed by atoms with E-state index in [1.807, 2.05) is 24.3 Å². The molecular formula is C20H21N5O3. The third-order valence-corrected chi connectivity index (χ3v) is 4.39. The molecule has 0 bridgehead atoms. The first-order valence-corrected chi connectivity index (χ1v) is 8.92. The third-order valence-electron chi connectivity index (χ3n) is 4.39. The Labute approximate surface area is 162 Å². The second-order valence-corrected chi connectivity index (χ2v) is 6.68. The molecule has 8 nitrogen and oxygen atoms in total. The molecule has 0 saturated carbocycles. The molecule has 8 heteroatoms. The van der Waals surface area contributed by atoms with Crippen LogP contribution in [0.3, 0.4) is 0 Å². The molecule has 1 N–H and O–H groups in total. The number of carbonyl (C=O) groups is 1. The number of rotatable bonds is 6. The number of aromatic nitrogens is 3. The van der Waals surface area contributed by atoms with Gasteiger partial charge in [-0.3, -0.25) is 14.9 Å². The van der Waals surface area contributed by atoms with Gasteiger partial charge in [0.1, 0.15) is 5.82 Å². The standard InChI is InChI=1S/C20H21N5O3/c1-13(2)16-9-5-7-11-18(16)24-14(3)22-19(23-24)20(26)21-12-15-8-4-6-10-17(15)25(27)28/h4-11,13H,12H2,1-3H3,(H,21,26). The lowest BCUT2D eigenvalue weighted by molar-refractivity contribution is -0.385. The van der Waals surface area contributed by atoms with E-state index in [-0.39, 0.29) is 24.0 Å². The van der Waals surface area contributed by atoms with Crippen molar-refractivity contribution in [1.82, 2.24) is 20.1 Å². The van der Waals surface area contributed by atoms with E-state index in [9.17, 15) is 14.9 Å². The van der Waals surface area contributed by atoms with Crippen molar-refractivity contribution in [3.63, 3.8) is 0 Å². The molecule has 0 spiro atoms. The van der Waals surface area contributed by atoms with Gasteiger partial charge in [-0.15, -0.1) is 5.10 Å². The van der Waals surface area contributed by atoms with Crippen molar-refractivity contribution in [3.8, 4) is 5.69 Å². The van der Waals surface area contributed by atoms with Gasteiger partial charge in [-0.05, 0) is 24.5 Å². The Morgan fingerprint density at radius 3 is 2.57 bits per heavy atom. The number of hydrogen-bond acceptors (Lipinski definition) is 5. The Morgan fingerprint density at radius 2 is 1.86 bits per heavy atom. The SMILES string of the molecule is Cc1nc(C(=O)NCc2ccccc2[N+](=O)[O-])nn1-c1ccccc1C(C)C. The fourth-order valence-corrected chi connectivity index (χ4v) is 2.98. The van der Waals surface area contributed by atoms with E-state index in [1.54, 1.807) is 29.8 Å². The van der Waals surface area contributed by atoms with Gasteiger partial charge in [0.2, 0.25) is 5.82 Å². The first kappa shape index (κ1) is 19.2. The van der Waals surface area contributed by atoms with Crippen LogP contribution in [0.1, 0.15) is 47.3 Å². The number of nitrogens with zero attached hydrogens (tertiary/aromatic N) is 4. The summed E-state index contributed by atoms with van der Waals surface area (Å²) < 4.78 is 1.65. The number of para-hydroxylation sites is 2. The first-order valence-electron chi connectivity index (χ1n) is 8.92. The number of carbonyl (C=O) groups excluding carboxylic acids is 1. The van der Waals surface area contributed by atoms with Gasteiger partial charge in [-0.1, -0.05) is 50.2 Å². The van der Waals surface area contributed by atoms with E-state index in [4.69, 9.17) is 0 Å². The van der Waals surface area contributed by atoms with E-state index in [0.29, 0.717) is 11.4 Å². The lowest BCUT2D eigenvalue weighted by atomic mass is 10.0. The van der Waals surface area contributed by atoms with Crippen LogP contribution in [-0.4, -0.2) is 25.6 Å². The molecule has 0 aliphatic rings. The maximum atomic E-state index is 12.5. The van der Waals surface area contributed by atoms with Crippen molar-refractivity contribution < 1.29 is 9.72 Å². The molecule has 3 rings (SSSR count). The van der Waals surface area contributed by atoms with Crippen LogP contribution in [0, 0.1) is 17.0 Å². The average Bonchev–Trinajstić information content (AvgIpc) is 3.07. The van der Waals surface area contributed by atoms with Crippen molar-refractivity contribution in [3.05, 3.63) is 81.4 Å². The highest BCUT2D eigenvalue weighted by Gasteiger charge is 2.19. The lowest BCUT2D eigenvalue weighted by Crippen LogP contribution is -2.24. The van der Waals surface area contributed by atoms with Gasteiger partial charge in [-0.2, -0.15) is 0 Å². The number of aryl methyl sites for hydroxylation is 1. The van der Waals surface area contributed by atoms with E-state index >= 15 is 0 Å². The van der Waals surface area contributed by atoms with Gasteiger partial charge in [0.25, 0.3) is 11.6 Å². The summed E-state index contributed by atoms with van der Waals surface area (Å²) in [6, 6.07) is 14.1. The van der Waals surface area contributed by atoms with Crippen molar-refractivity contribution in [1.29, 1.82) is 0 Å². The molecule has 0 aliphatic carbocycles. The largest absolute Gasteiger partial charge is 0.345 e. The molecule has 0 saturated heterocycles. The fraction of sp³-hybridized carbons (Fsp3) is 0.250. The molecule has 28 heavy (non-hydrogen) atoms. The Morgan fingerprint density at radius 1 is 1.18 bits per heavy atom. The molecule has 3 aromatic rings. The average molecular weight is 379 g/mol. The van der Waals surface area contributed by atoms with E-state index < -0.39 is 10.8 Å². The molecule has 1 amide bonds. The van der Waals surface area contributed by atoms with E-state index in [1.165, 1.54) is 6.07 Å². The van der Waals surface area contributed by atoms with Gasteiger partial charge < -0.3 is 5.32 Å². The highest BCUT2D eigenvalue weighted by Crippen LogP contribution is 2.23. The molecular weight excluding hydrogens is 358 g/mol. The lowest BCUT2D eigenvalue weighted by Gasteiger charge is -2.12.